The van der Waals surface area contributed by atoms with Crippen LogP contribution in [-0.4, -0.2) is 16.7 Å². The molecule has 0 aliphatic rings. The number of nitrogens with zero attached hydrogens (tertiary/aromatic N) is 2. The van der Waals surface area contributed by atoms with Gasteiger partial charge in [0.25, 0.3) is 5.56 Å². The van der Waals surface area contributed by atoms with Gasteiger partial charge >= 0.3 is 0 Å². The minimum absolute atomic E-state index is 0.0678. The van der Waals surface area contributed by atoms with E-state index in [0.717, 1.165) is 0 Å². The summed E-state index contributed by atoms with van der Waals surface area (Å²) in [4.78, 5) is 28.9. The summed E-state index contributed by atoms with van der Waals surface area (Å²) in [5, 5.41) is 1.19. The standard InChI is InChI=1S/C17H16N2O4S/c1-3-19-16(21)12-6-4-5-7-13(12)18-17(19)24-10-11-8-14(20)15(22-2)9-23-11/h4-9H,3,10H2,1-2H3. The fraction of sp³-hybridized carbons (Fsp3) is 0.235. The average Bonchev–Trinajstić information content (AvgIpc) is 2.60. The lowest BCUT2D eigenvalue weighted by Crippen LogP contribution is -2.22. The van der Waals surface area contributed by atoms with Crippen LogP contribution in [0.25, 0.3) is 10.9 Å². The summed E-state index contributed by atoms with van der Waals surface area (Å²) in [6.07, 6.45) is 1.29. The van der Waals surface area contributed by atoms with E-state index in [0.29, 0.717) is 34.1 Å². The number of rotatable bonds is 5. The Bertz CT molecular complexity index is 994. The third-order valence-electron chi connectivity index (χ3n) is 3.56. The molecule has 0 spiro atoms. The van der Waals surface area contributed by atoms with E-state index in [1.54, 1.807) is 10.6 Å². The number of aromatic nitrogens is 2. The molecule has 0 bridgehead atoms. The summed E-state index contributed by atoms with van der Waals surface area (Å²) in [6.45, 7) is 2.42. The zero-order valence-electron chi connectivity index (χ0n) is 13.3. The van der Waals surface area contributed by atoms with Crippen molar-refractivity contribution in [1.29, 1.82) is 0 Å². The molecule has 0 saturated heterocycles. The molecule has 0 radical (unpaired) electrons. The highest BCUT2D eigenvalue weighted by Gasteiger charge is 2.11. The van der Waals surface area contributed by atoms with Crippen molar-refractivity contribution in [3.05, 3.63) is 62.9 Å². The molecule has 1 aromatic carbocycles. The molecule has 2 heterocycles. The Kier molecular flexibility index (Phi) is 4.71. The van der Waals surface area contributed by atoms with Gasteiger partial charge in [-0.05, 0) is 19.1 Å². The van der Waals surface area contributed by atoms with Gasteiger partial charge in [0.05, 0.1) is 23.8 Å². The predicted octanol–water partition coefficient (Wildman–Crippen LogP) is 2.67. The van der Waals surface area contributed by atoms with Crippen molar-refractivity contribution in [2.75, 3.05) is 7.11 Å². The molecule has 0 fully saturated rings. The molecule has 0 unspecified atom stereocenters. The maximum absolute atomic E-state index is 12.5. The number of hydrogen-bond acceptors (Lipinski definition) is 6. The van der Waals surface area contributed by atoms with E-state index >= 15 is 0 Å². The number of fused-ring (bicyclic) bond motifs is 1. The highest BCUT2D eigenvalue weighted by atomic mass is 32.2. The van der Waals surface area contributed by atoms with Crippen LogP contribution < -0.4 is 15.7 Å². The van der Waals surface area contributed by atoms with Crippen LogP contribution in [0.1, 0.15) is 12.7 Å². The van der Waals surface area contributed by atoms with Gasteiger partial charge in [0, 0.05) is 12.6 Å². The third kappa shape index (κ3) is 3.07. The van der Waals surface area contributed by atoms with E-state index in [4.69, 9.17) is 9.15 Å². The largest absolute Gasteiger partial charge is 0.490 e. The van der Waals surface area contributed by atoms with E-state index in [-0.39, 0.29) is 16.7 Å². The van der Waals surface area contributed by atoms with Gasteiger partial charge in [-0.1, -0.05) is 23.9 Å². The molecule has 2 aromatic heterocycles. The average molecular weight is 344 g/mol. The zero-order valence-corrected chi connectivity index (χ0v) is 14.1. The highest BCUT2D eigenvalue weighted by molar-refractivity contribution is 7.98. The first-order chi connectivity index (χ1) is 11.6. The van der Waals surface area contributed by atoms with Crippen molar-refractivity contribution in [2.45, 2.75) is 24.4 Å². The normalized spacial score (nSPS) is 10.9. The quantitative estimate of drug-likeness (QED) is 0.523. The summed E-state index contributed by atoms with van der Waals surface area (Å²) in [7, 11) is 1.42. The van der Waals surface area contributed by atoms with Gasteiger partial charge in [-0.3, -0.25) is 14.2 Å². The maximum atomic E-state index is 12.5. The van der Waals surface area contributed by atoms with E-state index in [1.165, 1.54) is 31.2 Å². The lowest BCUT2D eigenvalue weighted by molar-refractivity contribution is 0.381. The highest BCUT2D eigenvalue weighted by Crippen LogP contribution is 2.22. The number of benzene rings is 1. The summed E-state index contributed by atoms with van der Waals surface area (Å²) in [5.41, 5.74) is 0.353. The Labute approximate surface area is 142 Å². The first-order valence-electron chi connectivity index (χ1n) is 7.42. The monoisotopic (exact) mass is 344 g/mol. The summed E-state index contributed by atoms with van der Waals surface area (Å²) < 4.78 is 11.9. The SMILES string of the molecule is CCn1c(SCc2cc(=O)c(OC)co2)nc2ccccc2c1=O. The van der Waals surface area contributed by atoms with Crippen LogP contribution in [0, 0.1) is 0 Å². The lowest BCUT2D eigenvalue weighted by atomic mass is 10.2. The summed E-state index contributed by atoms with van der Waals surface area (Å²) in [5.74, 6) is 1.05. The Balaban J connectivity index is 1.94. The second-order valence-electron chi connectivity index (χ2n) is 5.03. The fourth-order valence-corrected chi connectivity index (χ4v) is 3.29. The minimum atomic E-state index is -0.237. The van der Waals surface area contributed by atoms with Crippen LogP contribution in [0.3, 0.4) is 0 Å². The van der Waals surface area contributed by atoms with Crippen molar-refractivity contribution >= 4 is 22.7 Å². The van der Waals surface area contributed by atoms with Crippen LogP contribution in [0.4, 0.5) is 0 Å². The Morgan fingerprint density at radius 3 is 2.79 bits per heavy atom. The molecule has 24 heavy (non-hydrogen) atoms. The number of para-hydroxylation sites is 1. The Hall–Kier alpha value is -2.54. The molecule has 3 aromatic rings. The molecule has 0 atom stereocenters. The van der Waals surface area contributed by atoms with Crippen LogP contribution in [0.15, 0.2) is 55.8 Å². The lowest BCUT2D eigenvalue weighted by Gasteiger charge is -2.10. The molecule has 6 nitrogen and oxygen atoms in total. The molecule has 7 heteroatoms. The van der Waals surface area contributed by atoms with Crippen molar-refractivity contribution in [1.82, 2.24) is 9.55 Å². The molecule has 3 rings (SSSR count). The molecule has 124 valence electrons. The molecular weight excluding hydrogens is 328 g/mol. The molecule has 0 amide bonds. The van der Waals surface area contributed by atoms with E-state index in [1.807, 2.05) is 25.1 Å². The number of ether oxygens (including phenoxy) is 1. The van der Waals surface area contributed by atoms with Crippen molar-refractivity contribution in [3.8, 4) is 5.75 Å². The van der Waals surface area contributed by atoms with Crippen molar-refractivity contribution in [2.24, 2.45) is 0 Å². The molecular formula is C17H16N2O4S. The van der Waals surface area contributed by atoms with Crippen molar-refractivity contribution < 1.29 is 9.15 Å². The minimum Gasteiger partial charge on any atom is -0.490 e. The third-order valence-corrected chi connectivity index (χ3v) is 4.56. The van der Waals surface area contributed by atoms with Gasteiger partial charge in [0.1, 0.15) is 12.0 Å². The molecule has 0 aliphatic heterocycles. The summed E-state index contributed by atoms with van der Waals surface area (Å²) in [6, 6.07) is 8.65. The summed E-state index contributed by atoms with van der Waals surface area (Å²) >= 11 is 1.35. The van der Waals surface area contributed by atoms with Gasteiger partial charge in [-0.2, -0.15) is 0 Å². The van der Waals surface area contributed by atoms with Crippen molar-refractivity contribution in [3.63, 3.8) is 0 Å². The van der Waals surface area contributed by atoms with E-state index in [9.17, 15) is 9.59 Å². The number of methoxy groups -OCH3 is 1. The number of thioether (sulfide) groups is 1. The van der Waals surface area contributed by atoms with Crippen LogP contribution in [-0.2, 0) is 12.3 Å². The van der Waals surface area contributed by atoms with Crippen LogP contribution in [0.5, 0.6) is 5.75 Å². The smallest absolute Gasteiger partial charge is 0.262 e. The first kappa shape index (κ1) is 16.3. The van der Waals surface area contributed by atoms with E-state index in [2.05, 4.69) is 4.98 Å². The fourth-order valence-electron chi connectivity index (χ4n) is 2.34. The maximum Gasteiger partial charge on any atom is 0.262 e. The Morgan fingerprint density at radius 2 is 2.08 bits per heavy atom. The zero-order chi connectivity index (χ0) is 17.1. The second kappa shape index (κ2) is 6.92. The second-order valence-corrected chi connectivity index (χ2v) is 5.97. The predicted molar refractivity (Wildman–Crippen MR) is 92.8 cm³/mol. The van der Waals surface area contributed by atoms with Gasteiger partial charge < -0.3 is 9.15 Å². The van der Waals surface area contributed by atoms with Gasteiger partial charge in [0.2, 0.25) is 11.2 Å². The first-order valence-corrected chi connectivity index (χ1v) is 8.40. The van der Waals surface area contributed by atoms with E-state index < -0.39 is 0 Å². The van der Waals surface area contributed by atoms with Gasteiger partial charge in [-0.15, -0.1) is 0 Å². The topological polar surface area (TPSA) is 74.3 Å². The number of hydrogen-bond donors (Lipinski definition) is 0. The molecule has 0 N–H and O–H groups in total. The molecule has 0 saturated carbocycles. The Morgan fingerprint density at radius 1 is 1.29 bits per heavy atom. The van der Waals surface area contributed by atoms with Gasteiger partial charge in [0.15, 0.2) is 5.16 Å². The molecule has 0 aliphatic carbocycles. The van der Waals surface area contributed by atoms with Crippen LogP contribution in [0.2, 0.25) is 0 Å². The van der Waals surface area contributed by atoms with Gasteiger partial charge in [-0.25, -0.2) is 4.98 Å². The van der Waals surface area contributed by atoms with Crippen LogP contribution >= 0.6 is 11.8 Å².